The number of ether oxygens (including phenoxy) is 2. The molecule has 19 heavy (non-hydrogen) atoms. The van der Waals surface area contributed by atoms with E-state index in [1.165, 1.54) is 19.2 Å². The minimum atomic E-state index is -0.856. The third-order valence-electron chi connectivity index (χ3n) is 2.44. The van der Waals surface area contributed by atoms with Crippen LogP contribution in [-0.2, 0) is 9.53 Å². The van der Waals surface area contributed by atoms with Gasteiger partial charge in [-0.15, -0.1) is 0 Å². The topological polar surface area (TPSA) is 95.7 Å². The van der Waals surface area contributed by atoms with Gasteiger partial charge >= 0.3 is 5.97 Å². The number of nitro benzene ring substituents is 1. The summed E-state index contributed by atoms with van der Waals surface area (Å²) in [6.45, 7) is 1.72. The van der Waals surface area contributed by atoms with Gasteiger partial charge in [-0.2, -0.15) is 0 Å². The molecule has 0 N–H and O–H groups in total. The second kappa shape index (κ2) is 6.48. The number of hydrogen-bond acceptors (Lipinski definition) is 6. The lowest BCUT2D eigenvalue weighted by Gasteiger charge is -2.16. The van der Waals surface area contributed by atoms with Crippen LogP contribution in [0.1, 0.15) is 23.7 Å². The maximum absolute atomic E-state index is 11.4. The molecule has 0 aromatic heterocycles. The highest BCUT2D eigenvalue weighted by Crippen LogP contribution is 2.24. The van der Waals surface area contributed by atoms with Crippen LogP contribution in [0.2, 0.25) is 0 Å². The molecule has 1 aromatic rings. The van der Waals surface area contributed by atoms with E-state index in [2.05, 4.69) is 4.74 Å². The zero-order valence-electron chi connectivity index (χ0n) is 10.5. The number of esters is 1. The van der Waals surface area contributed by atoms with Crippen LogP contribution in [0.4, 0.5) is 5.69 Å². The lowest BCUT2D eigenvalue weighted by molar-refractivity contribution is -0.384. The fraction of sp³-hybridized carbons (Fsp3) is 0.333. The van der Waals surface area contributed by atoms with Gasteiger partial charge in [0.2, 0.25) is 0 Å². The molecule has 0 bridgehead atoms. The van der Waals surface area contributed by atoms with Crippen LogP contribution in [0.3, 0.4) is 0 Å². The van der Waals surface area contributed by atoms with Gasteiger partial charge in [-0.1, -0.05) is 6.92 Å². The van der Waals surface area contributed by atoms with E-state index in [1.807, 2.05) is 0 Å². The van der Waals surface area contributed by atoms with Crippen LogP contribution in [0.25, 0.3) is 0 Å². The van der Waals surface area contributed by atoms with E-state index in [1.54, 1.807) is 6.92 Å². The molecule has 0 aliphatic heterocycles. The Kier molecular flexibility index (Phi) is 4.99. The van der Waals surface area contributed by atoms with Crippen LogP contribution in [0.5, 0.6) is 5.75 Å². The number of non-ortho nitro benzene ring substituents is 1. The molecule has 0 saturated heterocycles. The molecule has 0 amide bonds. The number of carbonyl (C=O) groups is 2. The third kappa shape index (κ3) is 3.51. The van der Waals surface area contributed by atoms with Crippen molar-refractivity contribution in [2.24, 2.45) is 0 Å². The average Bonchev–Trinajstić information content (AvgIpc) is 2.43. The molecule has 1 aromatic carbocycles. The predicted octanol–water partition coefficient (Wildman–Crippen LogP) is 1.74. The number of benzene rings is 1. The molecule has 102 valence electrons. The van der Waals surface area contributed by atoms with Crippen LogP contribution in [-0.4, -0.2) is 30.4 Å². The van der Waals surface area contributed by atoms with Crippen LogP contribution in [0, 0.1) is 10.1 Å². The highest BCUT2D eigenvalue weighted by atomic mass is 16.6. The van der Waals surface area contributed by atoms with Gasteiger partial charge in [0, 0.05) is 12.1 Å². The smallest absolute Gasteiger partial charge is 0.347 e. The Bertz CT molecular complexity index is 499. The molecule has 0 fully saturated rings. The van der Waals surface area contributed by atoms with E-state index in [-0.39, 0.29) is 17.0 Å². The van der Waals surface area contributed by atoms with Crippen molar-refractivity contribution in [3.8, 4) is 5.75 Å². The minimum Gasteiger partial charge on any atom is -0.478 e. The van der Waals surface area contributed by atoms with E-state index < -0.39 is 17.0 Å². The lowest BCUT2D eigenvalue weighted by Crippen LogP contribution is -2.28. The third-order valence-corrected chi connectivity index (χ3v) is 2.44. The summed E-state index contributed by atoms with van der Waals surface area (Å²) in [7, 11) is 1.23. The quantitative estimate of drug-likeness (QED) is 0.337. The summed E-state index contributed by atoms with van der Waals surface area (Å²) in [6.07, 6.45) is -0.0703. The van der Waals surface area contributed by atoms with Crippen molar-refractivity contribution >= 4 is 17.9 Å². The zero-order valence-corrected chi connectivity index (χ0v) is 10.5. The van der Waals surface area contributed by atoms with Crippen molar-refractivity contribution in [3.63, 3.8) is 0 Å². The largest absolute Gasteiger partial charge is 0.478 e. The van der Waals surface area contributed by atoms with Crippen LogP contribution < -0.4 is 4.74 Å². The van der Waals surface area contributed by atoms with Gasteiger partial charge in [0.25, 0.3) is 5.69 Å². The normalized spacial score (nSPS) is 11.5. The van der Waals surface area contributed by atoms with Crippen LogP contribution in [0.15, 0.2) is 18.2 Å². The molecule has 1 rings (SSSR count). The molecule has 0 spiro atoms. The molecule has 0 aliphatic carbocycles. The van der Waals surface area contributed by atoms with Crippen molar-refractivity contribution in [2.45, 2.75) is 19.4 Å². The van der Waals surface area contributed by atoms with Crippen molar-refractivity contribution in [1.29, 1.82) is 0 Å². The Labute approximate surface area is 109 Å². The number of nitro groups is 1. The minimum absolute atomic E-state index is 0.0107. The second-order valence-corrected chi connectivity index (χ2v) is 3.63. The Morgan fingerprint density at radius 1 is 1.53 bits per heavy atom. The Balaban J connectivity index is 3.03. The number of hydrogen-bond donors (Lipinski definition) is 0. The van der Waals surface area contributed by atoms with Gasteiger partial charge in [-0.05, 0) is 12.5 Å². The standard InChI is InChI=1S/C12H13NO6/c1-3-10(12(15)18-2)19-11-5-4-9(13(16)17)6-8(11)7-14/h4-7,10H,3H2,1-2H3. The molecule has 0 radical (unpaired) electrons. The van der Waals surface area contributed by atoms with Crippen molar-refractivity contribution < 1.29 is 24.0 Å². The first-order chi connectivity index (χ1) is 9.03. The summed E-state index contributed by atoms with van der Waals surface area (Å²) >= 11 is 0. The maximum atomic E-state index is 11.4. The van der Waals surface area contributed by atoms with Crippen molar-refractivity contribution in [1.82, 2.24) is 0 Å². The number of methoxy groups -OCH3 is 1. The van der Waals surface area contributed by atoms with E-state index in [9.17, 15) is 19.7 Å². The van der Waals surface area contributed by atoms with E-state index in [0.29, 0.717) is 12.7 Å². The van der Waals surface area contributed by atoms with Crippen LogP contribution >= 0.6 is 0 Å². The molecular formula is C12H13NO6. The van der Waals surface area contributed by atoms with E-state index in [4.69, 9.17) is 4.74 Å². The first-order valence-corrected chi connectivity index (χ1v) is 5.51. The molecule has 7 nitrogen and oxygen atoms in total. The molecule has 7 heteroatoms. The number of carbonyl (C=O) groups excluding carboxylic acids is 2. The fourth-order valence-electron chi connectivity index (χ4n) is 1.43. The first-order valence-electron chi connectivity index (χ1n) is 5.51. The van der Waals surface area contributed by atoms with Gasteiger partial charge < -0.3 is 9.47 Å². The molecule has 0 heterocycles. The Morgan fingerprint density at radius 2 is 2.21 bits per heavy atom. The molecular weight excluding hydrogens is 254 g/mol. The first kappa shape index (κ1) is 14.6. The predicted molar refractivity (Wildman–Crippen MR) is 65.2 cm³/mol. The summed E-state index contributed by atoms with van der Waals surface area (Å²) in [5.41, 5.74) is -0.211. The summed E-state index contributed by atoms with van der Waals surface area (Å²) < 4.78 is 9.90. The number of aldehydes is 1. The second-order valence-electron chi connectivity index (χ2n) is 3.63. The summed E-state index contributed by atoms with van der Waals surface area (Å²) in [6, 6.07) is 3.58. The van der Waals surface area contributed by atoms with Gasteiger partial charge in [-0.3, -0.25) is 14.9 Å². The van der Waals surface area contributed by atoms with Gasteiger partial charge in [0.15, 0.2) is 12.4 Å². The summed E-state index contributed by atoms with van der Waals surface area (Å²) in [5, 5.41) is 10.6. The molecule has 0 aliphatic rings. The maximum Gasteiger partial charge on any atom is 0.347 e. The zero-order chi connectivity index (χ0) is 14.4. The van der Waals surface area contributed by atoms with Crippen molar-refractivity contribution in [3.05, 3.63) is 33.9 Å². The van der Waals surface area contributed by atoms with Crippen molar-refractivity contribution in [2.75, 3.05) is 7.11 Å². The SMILES string of the molecule is CCC(Oc1ccc([N+](=O)[O-])cc1C=O)C(=O)OC. The fourth-order valence-corrected chi connectivity index (χ4v) is 1.43. The molecule has 0 saturated carbocycles. The van der Waals surface area contributed by atoms with Gasteiger partial charge in [0.05, 0.1) is 17.6 Å². The van der Waals surface area contributed by atoms with Gasteiger partial charge in [0.1, 0.15) is 5.75 Å². The average molecular weight is 267 g/mol. The lowest BCUT2D eigenvalue weighted by atomic mass is 10.2. The molecule has 1 atom stereocenters. The summed E-state index contributed by atoms with van der Waals surface area (Å²) in [5.74, 6) is -0.462. The highest BCUT2D eigenvalue weighted by Gasteiger charge is 2.21. The summed E-state index contributed by atoms with van der Waals surface area (Å²) in [4.78, 5) is 32.2. The van der Waals surface area contributed by atoms with E-state index >= 15 is 0 Å². The Hall–Kier alpha value is -2.44. The van der Waals surface area contributed by atoms with Gasteiger partial charge in [-0.25, -0.2) is 4.79 Å². The highest BCUT2D eigenvalue weighted by molar-refractivity contribution is 5.81. The van der Waals surface area contributed by atoms with E-state index in [0.717, 1.165) is 6.07 Å². The number of nitrogens with zero attached hydrogens (tertiary/aromatic N) is 1. The Morgan fingerprint density at radius 3 is 2.68 bits per heavy atom. The monoisotopic (exact) mass is 267 g/mol. The number of rotatable bonds is 6. The molecule has 1 unspecified atom stereocenters.